The van der Waals surface area contributed by atoms with Gasteiger partial charge in [0.1, 0.15) is 6.10 Å². The molecule has 0 bridgehead atoms. The Morgan fingerprint density at radius 2 is 1.84 bits per heavy atom. The second-order valence-corrected chi connectivity index (χ2v) is 14.8. The van der Waals surface area contributed by atoms with Crippen molar-refractivity contribution in [3.8, 4) is 0 Å². The van der Waals surface area contributed by atoms with Gasteiger partial charge >= 0.3 is 5.97 Å². The third kappa shape index (κ3) is 3.95. The zero-order chi connectivity index (χ0) is 23.5. The number of allylic oxidation sites excluding steroid dienone is 1. The minimum atomic E-state index is -0.771. The zero-order valence-electron chi connectivity index (χ0n) is 21.3. The molecule has 4 aliphatic carbocycles. The lowest BCUT2D eigenvalue weighted by Crippen LogP contribution is -2.56. The maximum Gasteiger partial charge on any atom is 0.302 e. The number of carbonyl (C=O) groups is 2. The molecule has 7 atom stereocenters. The molecule has 1 radical (unpaired) electrons. The first kappa shape index (κ1) is 24.2. The van der Waals surface area contributed by atoms with Gasteiger partial charge in [0.05, 0.1) is 0 Å². The second-order valence-electron chi connectivity index (χ2n) is 12.7. The van der Waals surface area contributed by atoms with Crippen molar-refractivity contribution in [3.63, 3.8) is 0 Å². The molecule has 0 saturated heterocycles. The Kier molecular flexibility index (Phi) is 6.33. The highest BCUT2D eigenvalue weighted by Crippen LogP contribution is 2.68. The Balaban J connectivity index is 1.67. The summed E-state index contributed by atoms with van der Waals surface area (Å²) in [5.74, 6) is 1.70. The van der Waals surface area contributed by atoms with Crippen LogP contribution in [0.4, 0.5) is 0 Å². The van der Waals surface area contributed by atoms with E-state index >= 15 is 0 Å². The predicted octanol–water partition coefficient (Wildman–Crippen LogP) is 5.97. The van der Waals surface area contributed by atoms with Crippen molar-refractivity contribution in [2.45, 2.75) is 98.8 Å². The van der Waals surface area contributed by atoms with Crippen LogP contribution in [-0.4, -0.2) is 33.5 Å². The molecule has 32 heavy (non-hydrogen) atoms. The molecule has 4 aliphatic rings. The molecule has 0 aromatic rings. The van der Waals surface area contributed by atoms with E-state index in [1.807, 2.05) is 6.08 Å². The van der Waals surface area contributed by atoms with Gasteiger partial charge in [-0.15, -0.1) is 0 Å². The largest absolute Gasteiger partial charge is 0.462 e. The number of fused-ring (bicyclic) bond motifs is 5. The van der Waals surface area contributed by atoms with Gasteiger partial charge in [0.15, 0.2) is 5.78 Å². The van der Waals surface area contributed by atoms with E-state index in [4.69, 9.17) is 9.16 Å². The lowest BCUT2D eigenvalue weighted by molar-refractivity contribution is -0.150. The van der Waals surface area contributed by atoms with Gasteiger partial charge in [-0.2, -0.15) is 0 Å². The number of esters is 1. The third-order valence-electron chi connectivity index (χ3n) is 9.62. The van der Waals surface area contributed by atoms with Gasteiger partial charge in [0.2, 0.25) is 9.04 Å². The lowest BCUT2D eigenvalue weighted by Gasteiger charge is -2.59. The van der Waals surface area contributed by atoms with Gasteiger partial charge in [0.25, 0.3) is 0 Å². The maximum absolute atomic E-state index is 13.7. The van der Waals surface area contributed by atoms with E-state index in [9.17, 15) is 9.59 Å². The minimum absolute atomic E-state index is 0.0620. The summed E-state index contributed by atoms with van der Waals surface area (Å²) in [7, 11) is -0.771. The van der Waals surface area contributed by atoms with Gasteiger partial charge < -0.3 is 9.16 Å². The van der Waals surface area contributed by atoms with E-state index in [2.05, 4.69) is 40.8 Å². The number of ketones is 1. The molecule has 179 valence electrons. The summed E-state index contributed by atoms with van der Waals surface area (Å²) in [6.07, 6.45) is 9.23. The average Bonchev–Trinajstić information content (AvgIpc) is 3.07. The third-order valence-corrected chi connectivity index (χ3v) is 10.3. The molecule has 0 heterocycles. The first-order chi connectivity index (χ1) is 14.9. The van der Waals surface area contributed by atoms with E-state index in [1.165, 1.54) is 25.3 Å². The van der Waals surface area contributed by atoms with Gasteiger partial charge in [-0.3, -0.25) is 9.59 Å². The van der Waals surface area contributed by atoms with Gasteiger partial charge in [0, 0.05) is 25.9 Å². The van der Waals surface area contributed by atoms with E-state index in [-0.39, 0.29) is 34.2 Å². The van der Waals surface area contributed by atoms with Crippen molar-refractivity contribution in [3.05, 3.63) is 11.6 Å². The van der Waals surface area contributed by atoms with E-state index < -0.39 is 9.04 Å². The number of hydrogen-bond acceptors (Lipinski definition) is 4. The SMILES string of the molecule is CC(=O)O[C@H]1CC[C@@]2(C)C(=CC(=O)[C@H]3[C@@H]4CC[C@H](C(C)(C)C)[C@@]4(CO[Si](C)C)CC[C@@H]32)C1. The Hall–Kier alpha value is -0.943. The van der Waals surface area contributed by atoms with E-state index in [1.54, 1.807) is 0 Å². The second kappa shape index (κ2) is 8.37. The highest BCUT2D eigenvalue weighted by molar-refractivity contribution is 6.48. The highest BCUT2D eigenvalue weighted by atomic mass is 28.3. The number of rotatable bonds is 4. The minimum Gasteiger partial charge on any atom is -0.462 e. The molecule has 0 aromatic carbocycles. The fourth-order valence-electron chi connectivity index (χ4n) is 8.38. The Labute approximate surface area is 196 Å². The van der Waals surface area contributed by atoms with Crippen LogP contribution >= 0.6 is 0 Å². The van der Waals surface area contributed by atoms with Crippen LogP contribution in [0.2, 0.25) is 13.1 Å². The lowest BCUT2D eigenvalue weighted by atomic mass is 9.46. The van der Waals surface area contributed by atoms with Crippen LogP contribution in [0.1, 0.15) is 79.6 Å². The Morgan fingerprint density at radius 3 is 2.47 bits per heavy atom. The molecule has 0 aromatic heterocycles. The van der Waals surface area contributed by atoms with Crippen LogP contribution in [0.15, 0.2) is 11.6 Å². The summed E-state index contributed by atoms with van der Waals surface area (Å²) in [6.45, 7) is 16.3. The smallest absolute Gasteiger partial charge is 0.302 e. The van der Waals surface area contributed by atoms with Crippen molar-refractivity contribution >= 4 is 20.8 Å². The van der Waals surface area contributed by atoms with Crippen LogP contribution in [0.5, 0.6) is 0 Å². The summed E-state index contributed by atoms with van der Waals surface area (Å²) in [5, 5.41) is 0. The molecule has 0 aliphatic heterocycles. The van der Waals surface area contributed by atoms with Crippen LogP contribution in [0.3, 0.4) is 0 Å². The molecule has 3 saturated carbocycles. The molecular weight excluding hydrogens is 416 g/mol. The fraction of sp³-hybridized carbons (Fsp3) is 0.852. The van der Waals surface area contributed by atoms with Gasteiger partial charge in [-0.25, -0.2) is 0 Å². The van der Waals surface area contributed by atoms with E-state index in [0.717, 1.165) is 38.7 Å². The van der Waals surface area contributed by atoms with E-state index in [0.29, 0.717) is 23.5 Å². The highest BCUT2D eigenvalue weighted by Gasteiger charge is 2.64. The normalized spacial score (nSPS) is 41.6. The number of ether oxygens (including phenoxy) is 1. The van der Waals surface area contributed by atoms with Crippen LogP contribution < -0.4 is 0 Å². The van der Waals surface area contributed by atoms with Gasteiger partial charge in [-0.05, 0) is 91.7 Å². The summed E-state index contributed by atoms with van der Waals surface area (Å²) in [6, 6.07) is 0. The quantitative estimate of drug-likeness (QED) is 0.384. The average molecular weight is 460 g/mol. The molecule has 0 amide bonds. The molecular formula is C27H43O4Si. The maximum atomic E-state index is 13.7. The van der Waals surface area contributed by atoms with Crippen molar-refractivity contribution < 1.29 is 18.8 Å². The molecule has 0 unspecified atom stereocenters. The summed E-state index contributed by atoms with van der Waals surface area (Å²) in [4.78, 5) is 25.2. The van der Waals surface area contributed by atoms with Crippen molar-refractivity contribution in [1.29, 1.82) is 0 Å². The number of hydrogen-bond donors (Lipinski definition) is 0. The summed E-state index contributed by atoms with van der Waals surface area (Å²) >= 11 is 0. The first-order valence-corrected chi connectivity index (χ1v) is 15.1. The monoisotopic (exact) mass is 459 g/mol. The topological polar surface area (TPSA) is 52.6 Å². The van der Waals surface area contributed by atoms with Crippen LogP contribution in [0, 0.1) is 39.9 Å². The first-order valence-electron chi connectivity index (χ1n) is 12.7. The van der Waals surface area contributed by atoms with Crippen LogP contribution in [0.25, 0.3) is 0 Å². The molecule has 3 fully saturated rings. The van der Waals surface area contributed by atoms with Crippen molar-refractivity contribution in [2.24, 2.45) is 39.9 Å². The molecule has 0 N–H and O–H groups in total. The standard InChI is InChI=1S/C27H43O4Si/c1-17(28)31-19-10-12-26(5)18(14-19)15-22(29)24-20(26)11-13-27(16-30-32(6)7)21(24)8-9-23(27)25(2,3)4/h15,19-21,23-24H,8-14,16H2,1-7H3/t19-,20-,21-,23+,24+,26-,27+/m0/s1. The van der Waals surface area contributed by atoms with Crippen molar-refractivity contribution in [1.82, 2.24) is 0 Å². The van der Waals surface area contributed by atoms with Crippen LogP contribution in [-0.2, 0) is 18.8 Å². The Morgan fingerprint density at radius 1 is 1.12 bits per heavy atom. The molecule has 0 spiro atoms. The van der Waals surface area contributed by atoms with Gasteiger partial charge in [-0.1, -0.05) is 33.3 Å². The Bertz CT molecular complexity index is 796. The number of carbonyl (C=O) groups excluding carboxylic acids is 2. The van der Waals surface area contributed by atoms with Crippen molar-refractivity contribution in [2.75, 3.05) is 6.61 Å². The zero-order valence-corrected chi connectivity index (χ0v) is 22.3. The summed E-state index contributed by atoms with van der Waals surface area (Å²) in [5.41, 5.74) is 1.66. The summed E-state index contributed by atoms with van der Waals surface area (Å²) < 4.78 is 12.0. The molecule has 4 rings (SSSR count). The predicted molar refractivity (Wildman–Crippen MR) is 128 cm³/mol. The fourth-order valence-corrected chi connectivity index (χ4v) is 8.94. The molecule has 5 heteroatoms. The molecule has 4 nitrogen and oxygen atoms in total.